The van der Waals surface area contributed by atoms with Gasteiger partial charge in [0.05, 0.1) is 0 Å². The highest BCUT2D eigenvalue weighted by Gasteiger charge is 2.54. The van der Waals surface area contributed by atoms with Crippen LogP contribution in [-0.4, -0.2) is 6.29 Å². The van der Waals surface area contributed by atoms with Crippen LogP contribution in [0.3, 0.4) is 0 Å². The zero-order valence-corrected chi connectivity index (χ0v) is 8.17. The molecule has 0 aromatic heterocycles. The molecule has 13 heavy (non-hydrogen) atoms. The Morgan fingerprint density at radius 2 is 1.85 bits per heavy atom. The Kier molecular flexibility index (Phi) is 1.59. The van der Waals surface area contributed by atoms with Crippen molar-refractivity contribution in [2.45, 2.75) is 44.9 Å². The summed E-state index contributed by atoms with van der Waals surface area (Å²) < 4.78 is 0. The van der Waals surface area contributed by atoms with Crippen LogP contribution in [0.1, 0.15) is 44.9 Å². The molecule has 2 bridgehead atoms. The topological polar surface area (TPSA) is 17.1 Å². The molecule has 2 atom stereocenters. The van der Waals surface area contributed by atoms with Crippen LogP contribution in [0.25, 0.3) is 0 Å². The van der Waals surface area contributed by atoms with Gasteiger partial charge in [-0.25, -0.2) is 0 Å². The molecule has 2 unspecified atom stereocenters. The van der Waals surface area contributed by atoms with Gasteiger partial charge in [-0.05, 0) is 62.2 Å². The molecule has 4 fully saturated rings. The summed E-state index contributed by atoms with van der Waals surface area (Å²) in [5.74, 6) is 2.38. The van der Waals surface area contributed by atoms with E-state index in [1.165, 1.54) is 51.2 Å². The number of carbonyl (C=O) groups excluding carboxylic acids is 1. The van der Waals surface area contributed by atoms with E-state index in [0.717, 1.165) is 11.8 Å². The Balaban J connectivity index is 1.95. The van der Waals surface area contributed by atoms with E-state index in [2.05, 4.69) is 0 Å². The fourth-order valence-corrected chi connectivity index (χ4v) is 4.45. The zero-order chi connectivity index (χ0) is 8.89. The summed E-state index contributed by atoms with van der Waals surface area (Å²) in [6.45, 7) is 0. The highest BCUT2D eigenvalue weighted by Crippen LogP contribution is 2.63. The van der Waals surface area contributed by atoms with E-state index in [0.29, 0.717) is 11.3 Å². The molecule has 4 saturated carbocycles. The lowest BCUT2D eigenvalue weighted by Gasteiger charge is -2.50. The first-order chi connectivity index (χ1) is 6.35. The third-order valence-corrected chi connectivity index (χ3v) is 5.20. The third kappa shape index (κ3) is 0.908. The highest BCUT2D eigenvalue weighted by atomic mass is 16.1. The normalized spacial score (nSPS) is 53.4. The van der Waals surface area contributed by atoms with E-state index in [-0.39, 0.29) is 0 Å². The van der Waals surface area contributed by atoms with Gasteiger partial charge in [-0.1, -0.05) is 0 Å². The minimum Gasteiger partial charge on any atom is -0.303 e. The van der Waals surface area contributed by atoms with Crippen LogP contribution in [0.5, 0.6) is 0 Å². The summed E-state index contributed by atoms with van der Waals surface area (Å²) in [6, 6.07) is 0. The molecule has 4 aliphatic rings. The number of carbonyl (C=O) groups is 1. The number of rotatable bonds is 1. The van der Waals surface area contributed by atoms with Crippen molar-refractivity contribution in [3.8, 4) is 0 Å². The van der Waals surface area contributed by atoms with E-state index in [9.17, 15) is 4.79 Å². The van der Waals surface area contributed by atoms with Crippen molar-refractivity contribution < 1.29 is 4.79 Å². The average molecular weight is 178 g/mol. The van der Waals surface area contributed by atoms with Gasteiger partial charge in [-0.3, -0.25) is 0 Å². The summed E-state index contributed by atoms with van der Waals surface area (Å²) in [4.78, 5) is 11.0. The second kappa shape index (κ2) is 2.59. The second-order valence-corrected chi connectivity index (χ2v) is 5.43. The van der Waals surface area contributed by atoms with Crippen LogP contribution >= 0.6 is 0 Å². The molecule has 0 heterocycles. The van der Waals surface area contributed by atoms with Crippen molar-refractivity contribution in [3.63, 3.8) is 0 Å². The number of aldehydes is 1. The van der Waals surface area contributed by atoms with Gasteiger partial charge in [0.15, 0.2) is 0 Å². The third-order valence-electron chi connectivity index (χ3n) is 5.20. The Hall–Kier alpha value is -0.330. The van der Waals surface area contributed by atoms with Gasteiger partial charge in [0.25, 0.3) is 0 Å². The second-order valence-electron chi connectivity index (χ2n) is 5.43. The molecule has 4 aliphatic carbocycles. The van der Waals surface area contributed by atoms with Crippen LogP contribution in [-0.2, 0) is 4.79 Å². The molecule has 0 aromatic carbocycles. The van der Waals surface area contributed by atoms with Crippen LogP contribution in [0.2, 0.25) is 0 Å². The van der Waals surface area contributed by atoms with Gasteiger partial charge >= 0.3 is 0 Å². The van der Waals surface area contributed by atoms with Gasteiger partial charge in [-0.2, -0.15) is 0 Å². The quantitative estimate of drug-likeness (QED) is 0.564. The molecule has 0 N–H and O–H groups in total. The predicted octanol–water partition coefficient (Wildman–Crippen LogP) is 2.79. The maximum atomic E-state index is 11.0. The summed E-state index contributed by atoms with van der Waals surface area (Å²) in [7, 11) is 0. The van der Waals surface area contributed by atoms with Crippen molar-refractivity contribution >= 4 is 6.29 Å². The Bertz CT molecular complexity index is 225. The first kappa shape index (κ1) is 8.02. The molecule has 0 amide bonds. The highest BCUT2D eigenvalue weighted by molar-refractivity contribution is 5.56. The molecule has 0 saturated heterocycles. The van der Waals surface area contributed by atoms with Crippen molar-refractivity contribution in [3.05, 3.63) is 0 Å². The van der Waals surface area contributed by atoms with E-state index >= 15 is 0 Å². The lowest BCUT2D eigenvalue weighted by Crippen LogP contribution is -2.42. The first-order valence-corrected chi connectivity index (χ1v) is 5.80. The van der Waals surface area contributed by atoms with Crippen LogP contribution in [0, 0.1) is 23.2 Å². The molecule has 4 rings (SSSR count). The largest absolute Gasteiger partial charge is 0.303 e. The van der Waals surface area contributed by atoms with E-state index in [1.807, 2.05) is 0 Å². The average Bonchev–Trinajstić information content (AvgIpc) is 2.56. The zero-order valence-electron chi connectivity index (χ0n) is 8.17. The maximum Gasteiger partial charge on any atom is 0.123 e. The fraction of sp³-hybridized carbons (Fsp3) is 0.917. The van der Waals surface area contributed by atoms with E-state index in [1.54, 1.807) is 0 Å². The Morgan fingerprint density at radius 3 is 2.54 bits per heavy atom. The lowest BCUT2D eigenvalue weighted by atomic mass is 9.54. The van der Waals surface area contributed by atoms with E-state index < -0.39 is 0 Å². The molecule has 0 radical (unpaired) electrons. The SMILES string of the molecule is O=CC1CCC2CC3CCC12CC3. The molecule has 1 nitrogen and oxygen atoms in total. The van der Waals surface area contributed by atoms with Gasteiger partial charge in [0, 0.05) is 5.92 Å². The first-order valence-electron chi connectivity index (χ1n) is 5.80. The standard InChI is InChI=1S/C12H18O/c13-8-11-2-1-10-7-9-3-5-12(10,11)6-4-9/h8-11H,1-7H2. The number of fused-ring (bicyclic) bond motifs is 2. The Labute approximate surface area is 79.9 Å². The molecule has 0 aromatic rings. The fourth-order valence-electron chi connectivity index (χ4n) is 4.45. The van der Waals surface area contributed by atoms with Crippen molar-refractivity contribution in [1.82, 2.24) is 0 Å². The van der Waals surface area contributed by atoms with Gasteiger partial charge in [0.2, 0.25) is 0 Å². The minimum absolute atomic E-state index is 0.429. The molecule has 0 aliphatic heterocycles. The molecule has 72 valence electrons. The van der Waals surface area contributed by atoms with Crippen LogP contribution in [0.15, 0.2) is 0 Å². The monoisotopic (exact) mass is 178 g/mol. The van der Waals surface area contributed by atoms with Crippen LogP contribution < -0.4 is 0 Å². The lowest BCUT2D eigenvalue weighted by molar-refractivity contribution is -0.118. The maximum absolute atomic E-state index is 11.0. The van der Waals surface area contributed by atoms with Crippen molar-refractivity contribution in [2.24, 2.45) is 23.2 Å². The predicted molar refractivity (Wildman–Crippen MR) is 51.3 cm³/mol. The van der Waals surface area contributed by atoms with Gasteiger partial charge < -0.3 is 4.79 Å². The molecule has 1 spiro atoms. The Morgan fingerprint density at radius 1 is 1.08 bits per heavy atom. The van der Waals surface area contributed by atoms with Crippen molar-refractivity contribution in [2.75, 3.05) is 0 Å². The smallest absolute Gasteiger partial charge is 0.123 e. The van der Waals surface area contributed by atoms with Crippen molar-refractivity contribution in [1.29, 1.82) is 0 Å². The van der Waals surface area contributed by atoms with Gasteiger partial charge in [0.1, 0.15) is 6.29 Å². The summed E-state index contributed by atoms with van der Waals surface area (Å²) in [6.07, 6.45) is 10.8. The summed E-state index contributed by atoms with van der Waals surface area (Å²) >= 11 is 0. The van der Waals surface area contributed by atoms with E-state index in [4.69, 9.17) is 0 Å². The number of hydrogen-bond acceptors (Lipinski definition) is 1. The van der Waals surface area contributed by atoms with Gasteiger partial charge in [-0.15, -0.1) is 0 Å². The summed E-state index contributed by atoms with van der Waals surface area (Å²) in [5, 5.41) is 0. The van der Waals surface area contributed by atoms with Crippen LogP contribution in [0.4, 0.5) is 0 Å². The molecular weight excluding hydrogens is 160 g/mol. The molecular formula is C12H18O. The summed E-state index contributed by atoms with van der Waals surface area (Å²) in [5.41, 5.74) is 0.497. The number of hydrogen-bond donors (Lipinski definition) is 0. The molecule has 1 heteroatoms. The minimum atomic E-state index is 0.429.